The van der Waals surface area contributed by atoms with Crippen LogP contribution in [0.2, 0.25) is 0 Å². The molecular formula is C22H34N2O4. The number of carbonyl (C=O) groups is 2. The number of hydrogen-bond acceptors (Lipinski definition) is 5. The number of hydrogen-bond donors (Lipinski definition) is 1. The number of Topliss-reactive ketones (excluding diaryl/α,β-unsaturated/α-hetero) is 1. The van der Waals surface area contributed by atoms with E-state index in [0.717, 1.165) is 37.2 Å². The van der Waals surface area contributed by atoms with Crippen molar-refractivity contribution in [2.75, 3.05) is 44.4 Å². The van der Waals surface area contributed by atoms with Gasteiger partial charge in [0.05, 0.1) is 25.9 Å². The summed E-state index contributed by atoms with van der Waals surface area (Å²) in [6, 6.07) is 7.80. The molecule has 1 saturated heterocycles. The largest absolute Gasteiger partial charge is 0.377 e. The highest BCUT2D eigenvalue weighted by atomic mass is 16.5. The van der Waals surface area contributed by atoms with Crippen molar-refractivity contribution >= 4 is 17.4 Å². The number of rotatable bonds is 11. The Labute approximate surface area is 168 Å². The standard InChI is InChI=1S/C22H34N2O4/c1-4-21(25)18-5-7-20(8-6-18)24-12-9-19(10-13-24)22(26)23-11-14-27-15-16-28-17(2)3/h5-8,17,19H,4,9-16H2,1-3H3,(H,23,26). The molecule has 0 unspecified atom stereocenters. The van der Waals surface area contributed by atoms with E-state index >= 15 is 0 Å². The van der Waals surface area contributed by atoms with Gasteiger partial charge in [0.1, 0.15) is 0 Å². The van der Waals surface area contributed by atoms with E-state index in [1.807, 2.05) is 45.0 Å². The van der Waals surface area contributed by atoms with Crippen LogP contribution in [0.15, 0.2) is 24.3 Å². The molecule has 1 amide bonds. The predicted molar refractivity (Wildman–Crippen MR) is 111 cm³/mol. The van der Waals surface area contributed by atoms with Gasteiger partial charge in [0, 0.05) is 43.2 Å². The van der Waals surface area contributed by atoms with E-state index in [1.54, 1.807) is 0 Å². The van der Waals surface area contributed by atoms with Crippen LogP contribution < -0.4 is 10.2 Å². The predicted octanol–water partition coefficient (Wildman–Crippen LogP) is 3.05. The summed E-state index contributed by atoms with van der Waals surface area (Å²) in [6.45, 7) is 9.74. The Morgan fingerprint density at radius 2 is 1.79 bits per heavy atom. The van der Waals surface area contributed by atoms with Gasteiger partial charge in [0.15, 0.2) is 5.78 Å². The minimum absolute atomic E-state index is 0.0569. The molecule has 0 spiro atoms. The molecule has 0 radical (unpaired) electrons. The van der Waals surface area contributed by atoms with Crippen molar-refractivity contribution in [1.82, 2.24) is 5.32 Å². The number of ether oxygens (including phenoxy) is 2. The molecule has 1 heterocycles. The van der Waals surface area contributed by atoms with Crippen LogP contribution in [-0.2, 0) is 14.3 Å². The van der Waals surface area contributed by atoms with E-state index in [0.29, 0.717) is 32.8 Å². The average Bonchev–Trinajstić information content (AvgIpc) is 2.72. The molecule has 28 heavy (non-hydrogen) atoms. The molecule has 1 N–H and O–H groups in total. The third kappa shape index (κ3) is 7.24. The second kappa shape index (κ2) is 11.8. The minimum Gasteiger partial charge on any atom is -0.377 e. The maximum atomic E-state index is 12.3. The molecule has 0 atom stereocenters. The van der Waals surface area contributed by atoms with Crippen LogP contribution in [0.3, 0.4) is 0 Å². The molecule has 1 aromatic carbocycles. The third-order valence-electron chi connectivity index (χ3n) is 4.97. The topological polar surface area (TPSA) is 67.9 Å². The Hall–Kier alpha value is -1.92. The zero-order valence-corrected chi connectivity index (χ0v) is 17.4. The van der Waals surface area contributed by atoms with Crippen LogP contribution in [0.25, 0.3) is 0 Å². The van der Waals surface area contributed by atoms with Gasteiger partial charge in [-0.3, -0.25) is 9.59 Å². The zero-order valence-electron chi connectivity index (χ0n) is 17.4. The Morgan fingerprint density at radius 1 is 1.11 bits per heavy atom. The normalized spacial score (nSPS) is 15.1. The molecule has 0 bridgehead atoms. The molecule has 1 fully saturated rings. The first kappa shape index (κ1) is 22.4. The summed E-state index contributed by atoms with van der Waals surface area (Å²) in [5.74, 6) is 0.338. The number of nitrogens with zero attached hydrogens (tertiary/aromatic N) is 1. The lowest BCUT2D eigenvalue weighted by Gasteiger charge is -2.33. The van der Waals surface area contributed by atoms with Gasteiger partial charge in [-0.2, -0.15) is 0 Å². The Balaban J connectivity index is 1.64. The lowest BCUT2D eigenvalue weighted by Crippen LogP contribution is -2.41. The van der Waals surface area contributed by atoms with Crippen LogP contribution in [0.1, 0.15) is 50.4 Å². The lowest BCUT2D eigenvalue weighted by atomic mass is 9.95. The van der Waals surface area contributed by atoms with Crippen LogP contribution in [0.5, 0.6) is 0 Å². The van der Waals surface area contributed by atoms with Crippen molar-refractivity contribution in [3.8, 4) is 0 Å². The van der Waals surface area contributed by atoms with Crippen molar-refractivity contribution in [2.45, 2.75) is 46.1 Å². The van der Waals surface area contributed by atoms with E-state index in [4.69, 9.17) is 9.47 Å². The van der Waals surface area contributed by atoms with E-state index in [2.05, 4.69) is 10.2 Å². The molecule has 2 rings (SSSR count). The fourth-order valence-electron chi connectivity index (χ4n) is 3.30. The van der Waals surface area contributed by atoms with Crippen molar-refractivity contribution in [3.63, 3.8) is 0 Å². The first-order chi connectivity index (χ1) is 13.5. The van der Waals surface area contributed by atoms with Gasteiger partial charge in [-0.15, -0.1) is 0 Å². The molecule has 0 saturated carbocycles. The monoisotopic (exact) mass is 390 g/mol. The molecule has 0 aliphatic carbocycles. The number of nitrogens with one attached hydrogen (secondary N) is 1. The fraction of sp³-hybridized carbons (Fsp3) is 0.636. The summed E-state index contributed by atoms with van der Waals surface area (Å²) >= 11 is 0. The third-order valence-corrected chi connectivity index (χ3v) is 4.97. The van der Waals surface area contributed by atoms with Crippen molar-refractivity contribution in [2.24, 2.45) is 5.92 Å². The summed E-state index contributed by atoms with van der Waals surface area (Å²) in [5.41, 5.74) is 1.88. The minimum atomic E-state index is 0.0569. The highest BCUT2D eigenvalue weighted by Gasteiger charge is 2.24. The van der Waals surface area contributed by atoms with Gasteiger partial charge in [-0.1, -0.05) is 6.92 Å². The van der Waals surface area contributed by atoms with Gasteiger partial charge in [-0.25, -0.2) is 0 Å². The molecular weight excluding hydrogens is 356 g/mol. The van der Waals surface area contributed by atoms with Crippen LogP contribution in [0.4, 0.5) is 5.69 Å². The summed E-state index contributed by atoms with van der Waals surface area (Å²) < 4.78 is 10.9. The molecule has 6 heteroatoms. The first-order valence-electron chi connectivity index (χ1n) is 10.4. The van der Waals surface area contributed by atoms with Crippen LogP contribution in [0, 0.1) is 5.92 Å². The zero-order chi connectivity index (χ0) is 20.4. The Bertz CT molecular complexity index is 607. The smallest absolute Gasteiger partial charge is 0.223 e. The quantitative estimate of drug-likeness (QED) is 0.465. The number of amides is 1. The van der Waals surface area contributed by atoms with Crippen LogP contribution >= 0.6 is 0 Å². The Kier molecular flexibility index (Phi) is 9.44. The summed E-state index contributed by atoms with van der Waals surface area (Å²) in [5, 5.41) is 2.97. The summed E-state index contributed by atoms with van der Waals surface area (Å²) in [4.78, 5) is 26.3. The first-order valence-corrected chi connectivity index (χ1v) is 10.4. The number of anilines is 1. The van der Waals surface area contributed by atoms with E-state index in [-0.39, 0.29) is 23.7 Å². The van der Waals surface area contributed by atoms with Crippen molar-refractivity contribution < 1.29 is 19.1 Å². The number of piperidine rings is 1. The van der Waals surface area contributed by atoms with Gasteiger partial charge < -0.3 is 19.7 Å². The second-order valence-corrected chi connectivity index (χ2v) is 7.41. The van der Waals surface area contributed by atoms with E-state index in [1.165, 1.54) is 0 Å². The van der Waals surface area contributed by atoms with E-state index < -0.39 is 0 Å². The number of carbonyl (C=O) groups excluding carboxylic acids is 2. The molecule has 1 aliphatic rings. The molecule has 1 aromatic rings. The maximum Gasteiger partial charge on any atom is 0.223 e. The van der Waals surface area contributed by atoms with Gasteiger partial charge >= 0.3 is 0 Å². The number of benzene rings is 1. The highest BCUT2D eigenvalue weighted by Crippen LogP contribution is 2.24. The highest BCUT2D eigenvalue weighted by molar-refractivity contribution is 5.96. The SMILES string of the molecule is CCC(=O)c1ccc(N2CCC(C(=O)NCCOCCOC(C)C)CC2)cc1. The lowest BCUT2D eigenvalue weighted by molar-refractivity contribution is -0.125. The van der Waals surface area contributed by atoms with Crippen LogP contribution in [-0.4, -0.2) is 57.2 Å². The van der Waals surface area contributed by atoms with Gasteiger partial charge in [-0.05, 0) is 51.0 Å². The van der Waals surface area contributed by atoms with Gasteiger partial charge in [0.25, 0.3) is 0 Å². The van der Waals surface area contributed by atoms with Gasteiger partial charge in [0.2, 0.25) is 5.91 Å². The van der Waals surface area contributed by atoms with Crippen molar-refractivity contribution in [1.29, 1.82) is 0 Å². The summed E-state index contributed by atoms with van der Waals surface area (Å²) in [7, 11) is 0. The fourth-order valence-corrected chi connectivity index (χ4v) is 3.30. The average molecular weight is 391 g/mol. The molecule has 6 nitrogen and oxygen atoms in total. The van der Waals surface area contributed by atoms with Crippen molar-refractivity contribution in [3.05, 3.63) is 29.8 Å². The Morgan fingerprint density at radius 3 is 2.39 bits per heavy atom. The molecule has 0 aromatic heterocycles. The van der Waals surface area contributed by atoms with E-state index in [9.17, 15) is 9.59 Å². The second-order valence-electron chi connectivity index (χ2n) is 7.41. The number of ketones is 1. The maximum absolute atomic E-state index is 12.3. The molecule has 156 valence electrons. The summed E-state index contributed by atoms with van der Waals surface area (Å²) in [6.07, 6.45) is 2.41. The molecule has 1 aliphatic heterocycles.